The van der Waals surface area contributed by atoms with E-state index in [4.69, 9.17) is 4.98 Å². The molecule has 0 N–H and O–H groups in total. The number of benzene rings is 10. The Balaban J connectivity index is 1.14. The van der Waals surface area contributed by atoms with Gasteiger partial charge in [-0.1, -0.05) is 164 Å². The number of pyridine rings is 1. The lowest BCUT2D eigenvalue weighted by atomic mass is 9.82. The molecule has 57 heavy (non-hydrogen) atoms. The maximum atomic E-state index is 4.90. The number of nitrogens with zero attached hydrogens (tertiary/aromatic N) is 2. The molecule has 0 aliphatic heterocycles. The first-order valence-electron chi connectivity index (χ1n) is 19.7. The van der Waals surface area contributed by atoms with E-state index in [0.717, 1.165) is 16.9 Å². The molecule has 0 amide bonds. The van der Waals surface area contributed by atoms with Crippen molar-refractivity contribution in [3.63, 3.8) is 0 Å². The Morgan fingerprint density at radius 2 is 0.807 bits per heavy atom. The van der Waals surface area contributed by atoms with Crippen molar-refractivity contribution in [1.82, 2.24) is 9.38 Å². The molecule has 13 aromatic rings. The molecule has 0 aliphatic rings. The Labute approximate surface area is 327 Å². The third-order valence-corrected chi connectivity index (χ3v) is 12.5. The number of fused-ring (bicyclic) bond motifs is 5. The van der Waals surface area contributed by atoms with E-state index in [0.29, 0.717) is 0 Å². The number of rotatable bonds is 3. The molecule has 2 nitrogen and oxygen atoms in total. The molecule has 2 heteroatoms. The van der Waals surface area contributed by atoms with Crippen LogP contribution in [-0.4, -0.2) is 9.38 Å². The van der Waals surface area contributed by atoms with Crippen LogP contribution in [0, 0.1) is 0 Å². The van der Waals surface area contributed by atoms with Gasteiger partial charge in [0.15, 0.2) is 0 Å². The van der Waals surface area contributed by atoms with Gasteiger partial charge in [0.05, 0.1) is 5.69 Å². The van der Waals surface area contributed by atoms with Crippen molar-refractivity contribution in [2.45, 2.75) is 0 Å². The molecule has 2 heterocycles. The van der Waals surface area contributed by atoms with E-state index in [1.165, 1.54) is 108 Å². The van der Waals surface area contributed by atoms with Crippen LogP contribution in [0.2, 0.25) is 0 Å². The highest BCUT2D eigenvalue weighted by Gasteiger charge is 2.22. The zero-order chi connectivity index (χ0) is 37.2. The SMILES string of the molecule is c1ccc2c(-c3cc4cccc5c6cccc7ccc8cccc(c9cccc3c9c45)c8c76)c3ccccc3c(-c3ccc(-c4cn5ccccc5n4)cc3)c2c1. The summed E-state index contributed by atoms with van der Waals surface area (Å²) in [5, 5.41) is 20.6. The molecule has 0 saturated heterocycles. The van der Waals surface area contributed by atoms with Crippen LogP contribution in [0.25, 0.3) is 125 Å². The lowest BCUT2D eigenvalue weighted by Crippen LogP contribution is -1.93. The Morgan fingerprint density at radius 3 is 1.42 bits per heavy atom. The van der Waals surface area contributed by atoms with Crippen LogP contribution in [0.15, 0.2) is 194 Å². The van der Waals surface area contributed by atoms with Gasteiger partial charge in [-0.25, -0.2) is 4.98 Å². The van der Waals surface area contributed by atoms with Gasteiger partial charge < -0.3 is 4.40 Å². The molecule has 0 aliphatic carbocycles. The Bertz CT molecular complexity index is 3700. The van der Waals surface area contributed by atoms with Crippen molar-refractivity contribution >= 4 is 91.8 Å². The molecule has 0 fully saturated rings. The molecule has 0 unspecified atom stereocenters. The summed E-state index contributed by atoms with van der Waals surface area (Å²) in [6.07, 6.45) is 4.15. The molecule has 11 aromatic carbocycles. The molecule has 0 spiro atoms. The van der Waals surface area contributed by atoms with E-state index >= 15 is 0 Å². The highest BCUT2D eigenvalue weighted by atomic mass is 15.0. The fourth-order valence-corrected chi connectivity index (χ4v) is 10.1. The summed E-state index contributed by atoms with van der Waals surface area (Å²) in [6, 6.07) is 67.6. The van der Waals surface area contributed by atoms with Crippen LogP contribution in [0.3, 0.4) is 0 Å². The fraction of sp³-hybridized carbons (Fsp3) is 0. The second-order valence-electron chi connectivity index (χ2n) is 15.4. The van der Waals surface area contributed by atoms with Gasteiger partial charge in [-0.15, -0.1) is 0 Å². The zero-order valence-corrected chi connectivity index (χ0v) is 30.9. The minimum absolute atomic E-state index is 0.949. The Morgan fingerprint density at radius 1 is 0.333 bits per heavy atom. The summed E-state index contributed by atoms with van der Waals surface area (Å²) < 4.78 is 2.08. The van der Waals surface area contributed by atoms with Gasteiger partial charge in [0.2, 0.25) is 0 Å². The summed E-state index contributed by atoms with van der Waals surface area (Å²) in [7, 11) is 0. The van der Waals surface area contributed by atoms with Crippen molar-refractivity contribution in [1.29, 1.82) is 0 Å². The minimum Gasteiger partial charge on any atom is -0.306 e. The monoisotopic (exact) mass is 720 g/mol. The first-order chi connectivity index (χ1) is 28.3. The van der Waals surface area contributed by atoms with Crippen molar-refractivity contribution in [3.05, 3.63) is 194 Å². The van der Waals surface area contributed by atoms with Crippen LogP contribution < -0.4 is 0 Å². The highest BCUT2D eigenvalue weighted by Crippen LogP contribution is 2.49. The summed E-state index contributed by atoms with van der Waals surface area (Å²) in [5.74, 6) is 0. The summed E-state index contributed by atoms with van der Waals surface area (Å²) in [6.45, 7) is 0. The Kier molecular flexibility index (Phi) is 6.19. The highest BCUT2D eigenvalue weighted by molar-refractivity contribution is 6.39. The van der Waals surface area contributed by atoms with E-state index in [1.54, 1.807) is 0 Å². The quantitative estimate of drug-likeness (QED) is 0.131. The van der Waals surface area contributed by atoms with Gasteiger partial charge in [0.25, 0.3) is 0 Å². The number of hydrogen-bond donors (Lipinski definition) is 0. The average Bonchev–Trinajstić information content (AvgIpc) is 3.71. The Hall–Kier alpha value is -7.55. The first-order valence-corrected chi connectivity index (χ1v) is 19.7. The van der Waals surface area contributed by atoms with Gasteiger partial charge >= 0.3 is 0 Å². The largest absolute Gasteiger partial charge is 0.306 e. The zero-order valence-electron chi connectivity index (χ0n) is 30.9. The van der Waals surface area contributed by atoms with Crippen LogP contribution in [0.1, 0.15) is 0 Å². The lowest BCUT2D eigenvalue weighted by molar-refractivity contribution is 1.19. The van der Waals surface area contributed by atoms with Gasteiger partial charge in [0.1, 0.15) is 5.65 Å². The van der Waals surface area contributed by atoms with E-state index in [-0.39, 0.29) is 0 Å². The molecule has 13 rings (SSSR count). The van der Waals surface area contributed by atoms with Gasteiger partial charge in [0, 0.05) is 18.0 Å². The normalized spacial score (nSPS) is 12.2. The molecule has 0 radical (unpaired) electrons. The van der Waals surface area contributed by atoms with E-state index in [2.05, 4.69) is 174 Å². The van der Waals surface area contributed by atoms with Gasteiger partial charge in [-0.3, -0.25) is 0 Å². The van der Waals surface area contributed by atoms with Crippen LogP contribution >= 0.6 is 0 Å². The van der Waals surface area contributed by atoms with Crippen LogP contribution in [-0.2, 0) is 0 Å². The molecule has 2 aromatic heterocycles. The van der Waals surface area contributed by atoms with E-state index in [9.17, 15) is 0 Å². The number of aromatic nitrogens is 2. The molecule has 0 atom stereocenters. The van der Waals surface area contributed by atoms with Crippen LogP contribution in [0.4, 0.5) is 0 Å². The van der Waals surface area contributed by atoms with Crippen LogP contribution in [0.5, 0.6) is 0 Å². The number of imidazole rings is 1. The molecule has 0 saturated carbocycles. The summed E-state index contributed by atoms with van der Waals surface area (Å²) in [4.78, 5) is 4.90. The third kappa shape index (κ3) is 4.27. The predicted molar refractivity (Wildman–Crippen MR) is 243 cm³/mol. The van der Waals surface area contributed by atoms with Crippen molar-refractivity contribution < 1.29 is 0 Å². The molecular weight excluding hydrogens is 689 g/mol. The van der Waals surface area contributed by atoms with E-state index in [1.807, 2.05) is 24.4 Å². The fourth-order valence-electron chi connectivity index (χ4n) is 10.1. The van der Waals surface area contributed by atoms with Crippen molar-refractivity contribution in [2.75, 3.05) is 0 Å². The van der Waals surface area contributed by atoms with Crippen molar-refractivity contribution in [2.24, 2.45) is 0 Å². The van der Waals surface area contributed by atoms with Crippen molar-refractivity contribution in [3.8, 4) is 33.5 Å². The average molecular weight is 721 g/mol. The predicted octanol–water partition coefficient (Wildman–Crippen LogP) is 15.0. The molecular formula is C55H32N2. The lowest BCUT2D eigenvalue weighted by Gasteiger charge is -2.21. The maximum absolute atomic E-state index is 4.90. The maximum Gasteiger partial charge on any atom is 0.137 e. The van der Waals surface area contributed by atoms with Gasteiger partial charge in [-0.2, -0.15) is 0 Å². The number of hydrogen-bond acceptors (Lipinski definition) is 1. The summed E-state index contributed by atoms with van der Waals surface area (Å²) >= 11 is 0. The standard InChI is InChI=1S/C55H32N2/c1-3-16-43-38(14-1)50(36-26-24-33(25-27-36)48-32-57-30-6-5-23-49(57)56-48)39-15-2-4-17-44(39)54(43)47-31-37-13-9-20-41-40-18-7-11-34-28-29-35-12-8-19-42(52(35)51(34)40)45-21-10-22-46(47)55(45)53(37)41/h1-32H. The molecule has 262 valence electrons. The third-order valence-electron chi connectivity index (χ3n) is 12.5. The molecule has 0 bridgehead atoms. The second kappa shape index (κ2) is 11.5. The second-order valence-corrected chi connectivity index (χ2v) is 15.4. The first kappa shape index (κ1) is 30.7. The smallest absolute Gasteiger partial charge is 0.137 e. The summed E-state index contributed by atoms with van der Waals surface area (Å²) in [5.41, 5.74) is 8.01. The van der Waals surface area contributed by atoms with Gasteiger partial charge in [-0.05, 0) is 127 Å². The van der Waals surface area contributed by atoms with E-state index < -0.39 is 0 Å². The topological polar surface area (TPSA) is 17.3 Å². The minimum atomic E-state index is 0.949.